The molecule has 10 heteroatoms. The number of aryl methyl sites for hydroxylation is 3. The summed E-state index contributed by atoms with van der Waals surface area (Å²) < 4.78 is 15.2. The fraction of sp³-hybridized carbons (Fsp3) is 0.333. The minimum Gasteiger partial charge on any atom is -0.481 e. The molecule has 2 aliphatic carbocycles. The molecule has 0 spiro atoms. The maximum Gasteiger partial charge on any atom is 0.307 e. The number of halogens is 1. The normalized spacial score (nSPS) is 20.1. The van der Waals surface area contributed by atoms with E-state index in [0.717, 1.165) is 46.2 Å². The molecule has 2 heterocycles. The first-order chi connectivity index (χ1) is 17.8. The average molecular weight is 500 g/mol. The molecule has 0 radical (unpaired) electrons. The molecule has 3 atom stereocenters. The van der Waals surface area contributed by atoms with Crippen LogP contribution >= 0.6 is 0 Å². The predicted octanol–water partition coefficient (Wildman–Crippen LogP) is 4.38. The summed E-state index contributed by atoms with van der Waals surface area (Å²) in [5.74, 6) is -0.369. The minimum atomic E-state index is -0.798. The van der Waals surface area contributed by atoms with Gasteiger partial charge in [-0.1, -0.05) is 6.07 Å². The van der Waals surface area contributed by atoms with Crippen LogP contribution in [0.15, 0.2) is 36.7 Å². The van der Waals surface area contributed by atoms with Crippen LogP contribution in [0.2, 0.25) is 0 Å². The molecule has 2 aromatic carbocycles. The number of rotatable bonds is 6. The van der Waals surface area contributed by atoms with Gasteiger partial charge in [-0.15, -0.1) is 10.2 Å². The number of hydrogen-bond acceptors (Lipinski definition) is 7. The van der Waals surface area contributed by atoms with Crippen molar-refractivity contribution in [2.24, 2.45) is 13.0 Å². The molecule has 188 valence electrons. The second kappa shape index (κ2) is 8.72. The van der Waals surface area contributed by atoms with E-state index in [0.29, 0.717) is 29.3 Å². The van der Waals surface area contributed by atoms with Crippen LogP contribution in [0.1, 0.15) is 52.7 Å². The zero-order valence-corrected chi connectivity index (χ0v) is 20.7. The Labute approximate surface area is 212 Å². The highest BCUT2D eigenvalue weighted by Crippen LogP contribution is 2.47. The smallest absolute Gasteiger partial charge is 0.307 e. The standard InChI is InChI=1S/C27H26FN7O2/c1-13-8-15(26-32-34-35(3)33-26)9-14(2)24(13)16-4-6-20(28)25-17(16)5-7-21(25)31-23-12-29-22(11-30-23)18-10-19(18)27(36)37/h4,6,8-9,11-12,18-19,21H,5,7,10H2,1-3H3,(H,30,31)(H,36,37)/t18-,19-,21+/m0/s1. The van der Waals surface area contributed by atoms with Crippen molar-refractivity contribution in [1.82, 2.24) is 30.2 Å². The van der Waals surface area contributed by atoms with E-state index in [4.69, 9.17) is 5.11 Å². The van der Waals surface area contributed by atoms with E-state index in [1.807, 2.05) is 18.2 Å². The second-order valence-corrected chi connectivity index (χ2v) is 9.92. The zero-order valence-electron chi connectivity index (χ0n) is 20.7. The topological polar surface area (TPSA) is 119 Å². The number of anilines is 1. The van der Waals surface area contributed by atoms with Crippen LogP contribution in [-0.2, 0) is 18.3 Å². The summed E-state index contributed by atoms with van der Waals surface area (Å²) in [6.45, 7) is 4.10. The number of fused-ring (bicyclic) bond motifs is 1. The van der Waals surface area contributed by atoms with Gasteiger partial charge in [0.15, 0.2) is 0 Å². The van der Waals surface area contributed by atoms with Crippen molar-refractivity contribution < 1.29 is 14.3 Å². The number of benzene rings is 2. The van der Waals surface area contributed by atoms with E-state index in [-0.39, 0.29) is 23.7 Å². The van der Waals surface area contributed by atoms with E-state index in [1.165, 1.54) is 4.80 Å². The Morgan fingerprint density at radius 1 is 1.16 bits per heavy atom. The van der Waals surface area contributed by atoms with Gasteiger partial charge in [-0.05, 0) is 84.3 Å². The maximum atomic E-state index is 15.2. The number of carbonyl (C=O) groups is 1. The van der Waals surface area contributed by atoms with Gasteiger partial charge in [0.2, 0.25) is 5.82 Å². The molecule has 0 unspecified atom stereocenters. The lowest BCUT2D eigenvalue weighted by molar-refractivity contribution is -0.138. The van der Waals surface area contributed by atoms with Crippen molar-refractivity contribution in [2.45, 2.75) is 45.1 Å². The third kappa shape index (κ3) is 4.12. The quantitative estimate of drug-likeness (QED) is 0.401. The fourth-order valence-electron chi connectivity index (χ4n) is 5.59. The lowest BCUT2D eigenvalue weighted by atomic mass is 9.89. The van der Waals surface area contributed by atoms with Crippen LogP contribution in [0, 0.1) is 25.6 Å². The Morgan fingerprint density at radius 2 is 1.95 bits per heavy atom. The van der Waals surface area contributed by atoms with E-state index in [2.05, 4.69) is 44.5 Å². The molecule has 1 saturated carbocycles. The van der Waals surface area contributed by atoms with Crippen molar-refractivity contribution in [3.63, 3.8) is 0 Å². The maximum absolute atomic E-state index is 15.2. The van der Waals surface area contributed by atoms with Crippen LogP contribution in [0.5, 0.6) is 0 Å². The van der Waals surface area contributed by atoms with Crippen LogP contribution in [0.25, 0.3) is 22.5 Å². The van der Waals surface area contributed by atoms with Gasteiger partial charge in [-0.2, -0.15) is 4.80 Å². The van der Waals surface area contributed by atoms with Crippen molar-refractivity contribution >= 4 is 11.8 Å². The largest absolute Gasteiger partial charge is 0.481 e. The Bertz CT molecular complexity index is 1510. The predicted molar refractivity (Wildman–Crippen MR) is 134 cm³/mol. The van der Waals surface area contributed by atoms with Gasteiger partial charge in [0.25, 0.3) is 0 Å². The summed E-state index contributed by atoms with van der Waals surface area (Å²) in [7, 11) is 1.73. The highest BCUT2D eigenvalue weighted by Gasteiger charge is 2.45. The molecule has 0 saturated heterocycles. The van der Waals surface area contributed by atoms with Crippen molar-refractivity contribution in [2.75, 3.05) is 5.32 Å². The molecule has 2 aromatic heterocycles. The molecule has 4 aromatic rings. The fourth-order valence-corrected chi connectivity index (χ4v) is 5.59. The van der Waals surface area contributed by atoms with Gasteiger partial charge in [-0.25, -0.2) is 9.37 Å². The Balaban J connectivity index is 1.29. The summed E-state index contributed by atoms with van der Waals surface area (Å²) in [6, 6.07) is 7.28. The first-order valence-corrected chi connectivity index (χ1v) is 12.3. The Hall–Kier alpha value is -4.21. The summed E-state index contributed by atoms with van der Waals surface area (Å²) >= 11 is 0. The highest BCUT2D eigenvalue weighted by atomic mass is 19.1. The van der Waals surface area contributed by atoms with Crippen LogP contribution in [-0.4, -0.2) is 41.3 Å². The lowest BCUT2D eigenvalue weighted by Gasteiger charge is -2.18. The number of carboxylic acid groups (broad SMARTS) is 1. The summed E-state index contributed by atoms with van der Waals surface area (Å²) in [5.41, 5.74) is 7.49. The molecule has 9 nitrogen and oxygen atoms in total. The monoisotopic (exact) mass is 499 g/mol. The molecule has 0 aliphatic heterocycles. The van der Waals surface area contributed by atoms with Gasteiger partial charge >= 0.3 is 5.97 Å². The summed E-state index contributed by atoms with van der Waals surface area (Å²) in [6.07, 6.45) is 5.30. The average Bonchev–Trinajstić information content (AvgIpc) is 3.38. The molecular weight excluding hydrogens is 473 g/mol. The highest BCUT2D eigenvalue weighted by molar-refractivity contribution is 5.79. The summed E-state index contributed by atoms with van der Waals surface area (Å²) in [4.78, 5) is 21.4. The molecule has 0 bridgehead atoms. The second-order valence-electron chi connectivity index (χ2n) is 9.92. The number of carboxylic acids is 1. The van der Waals surface area contributed by atoms with Crippen LogP contribution < -0.4 is 5.32 Å². The van der Waals surface area contributed by atoms with Gasteiger partial charge in [0, 0.05) is 17.0 Å². The molecule has 2 N–H and O–H groups in total. The molecule has 37 heavy (non-hydrogen) atoms. The number of nitrogens with zero attached hydrogens (tertiary/aromatic N) is 6. The van der Waals surface area contributed by atoms with E-state index in [9.17, 15) is 4.79 Å². The molecule has 2 aliphatic rings. The number of tetrazole rings is 1. The zero-order chi connectivity index (χ0) is 25.8. The van der Waals surface area contributed by atoms with Crippen molar-refractivity contribution in [3.8, 4) is 22.5 Å². The summed E-state index contributed by atoms with van der Waals surface area (Å²) in [5, 5.41) is 24.9. The van der Waals surface area contributed by atoms with Crippen molar-refractivity contribution in [3.05, 3.63) is 70.4 Å². The van der Waals surface area contributed by atoms with Crippen molar-refractivity contribution in [1.29, 1.82) is 0 Å². The van der Waals surface area contributed by atoms with E-state index >= 15 is 4.39 Å². The van der Waals surface area contributed by atoms with Gasteiger partial charge in [0.05, 0.1) is 37.1 Å². The SMILES string of the molecule is Cc1cc(-c2nnn(C)n2)cc(C)c1-c1ccc(F)c2c1CC[C@H]2Nc1cnc([C@H]2C[C@@H]2C(=O)O)cn1. The van der Waals surface area contributed by atoms with Crippen LogP contribution in [0.3, 0.4) is 0 Å². The van der Waals surface area contributed by atoms with Gasteiger partial charge in [0.1, 0.15) is 11.6 Å². The molecule has 6 rings (SSSR count). The lowest BCUT2D eigenvalue weighted by Crippen LogP contribution is -2.11. The van der Waals surface area contributed by atoms with E-state index < -0.39 is 5.97 Å². The number of nitrogens with one attached hydrogen (secondary N) is 1. The first kappa shape index (κ1) is 23.2. The first-order valence-electron chi connectivity index (χ1n) is 12.3. The van der Waals surface area contributed by atoms with Crippen LogP contribution in [0.4, 0.5) is 10.2 Å². The third-order valence-corrected chi connectivity index (χ3v) is 7.39. The van der Waals surface area contributed by atoms with E-state index in [1.54, 1.807) is 25.5 Å². The Morgan fingerprint density at radius 3 is 2.57 bits per heavy atom. The molecular formula is C27H26FN7O2. The number of aromatic nitrogens is 6. The van der Waals surface area contributed by atoms with Gasteiger partial charge < -0.3 is 10.4 Å². The Kier molecular flexibility index (Phi) is 5.47. The van der Waals surface area contributed by atoms with Gasteiger partial charge in [-0.3, -0.25) is 9.78 Å². The number of hydrogen-bond donors (Lipinski definition) is 2. The number of aliphatic carboxylic acids is 1. The third-order valence-electron chi connectivity index (χ3n) is 7.39. The minimum absolute atomic E-state index is 0.0751. The molecule has 1 fully saturated rings. The molecule has 0 amide bonds.